The largest absolute Gasteiger partial charge is 0.497 e. The summed E-state index contributed by atoms with van der Waals surface area (Å²) in [6.07, 6.45) is 2.47. The number of hydrogen-bond donors (Lipinski definition) is 3. The quantitative estimate of drug-likeness (QED) is 0.172. The molecule has 1 saturated carbocycles. The Hall–Kier alpha value is -4.33. The molecule has 0 aliphatic heterocycles. The predicted octanol–water partition coefficient (Wildman–Crippen LogP) is 4.31. The number of benzene rings is 3. The molecule has 5 N–H and O–H groups in total. The van der Waals surface area contributed by atoms with Gasteiger partial charge in [-0.25, -0.2) is 4.79 Å². The standard InChI is InChI=1S/C31H36N4O4/c1-39-25-18-16-24(17-19-25)28(23-14-15-23)35(26(30(37)38)13-8-20-34-31(32)33)29(36)27(21-9-4-2-5-10-21)22-11-6-3-7-12-22/h2-7,9-12,16-19,23,26-28H,8,13-15,20H2,1H3,(H,37,38)(H4,32,33,34)/t26-,28-/m1/s1. The molecule has 3 aromatic rings. The maximum Gasteiger partial charge on any atom is 0.326 e. The summed E-state index contributed by atoms with van der Waals surface area (Å²) in [6, 6.07) is 25.2. The molecule has 1 amide bonds. The molecule has 0 aromatic heterocycles. The molecule has 1 aliphatic rings. The molecule has 8 nitrogen and oxygen atoms in total. The van der Waals surface area contributed by atoms with Gasteiger partial charge >= 0.3 is 5.97 Å². The highest BCUT2D eigenvalue weighted by atomic mass is 16.5. The van der Waals surface area contributed by atoms with Crippen molar-refractivity contribution in [2.24, 2.45) is 22.4 Å². The van der Waals surface area contributed by atoms with Crippen LogP contribution in [0.15, 0.2) is 89.9 Å². The number of carbonyl (C=O) groups is 2. The first-order chi connectivity index (χ1) is 18.9. The third kappa shape index (κ3) is 6.96. The lowest BCUT2D eigenvalue weighted by molar-refractivity contribution is -0.154. The van der Waals surface area contributed by atoms with Crippen molar-refractivity contribution in [3.05, 3.63) is 102 Å². The summed E-state index contributed by atoms with van der Waals surface area (Å²) in [5.41, 5.74) is 13.5. The Kier molecular flexibility index (Phi) is 9.20. The van der Waals surface area contributed by atoms with Crippen molar-refractivity contribution >= 4 is 17.8 Å². The van der Waals surface area contributed by atoms with Gasteiger partial charge in [-0.05, 0) is 60.4 Å². The predicted molar refractivity (Wildman–Crippen MR) is 151 cm³/mol. The lowest BCUT2D eigenvalue weighted by atomic mass is 9.87. The van der Waals surface area contributed by atoms with Crippen molar-refractivity contribution in [1.29, 1.82) is 0 Å². The Balaban J connectivity index is 1.82. The highest BCUT2D eigenvalue weighted by molar-refractivity contribution is 5.91. The first-order valence-corrected chi connectivity index (χ1v) is 13.2. The second-order valence-electron chi connectivity index (χ2n) is 9.86. The fraction of sp³-hybridized carbons (Fsp3) is 0.323. The van der Waals surface area contributed by atoms with Gasteiger partial charge in [0.25, 0.3) is 0 Å². The minimum Gasteiger partial charge on any atom is -0.497 e. The molecule has 2 atom stereocenters. The number of carboxylic acid groups (broad SMARTS) is 1. The Morgan fingerprint density at radius 3 is 1.95 bits per heavy atom. The number of methoxy groups -OCH3 is 1. The van der Waals surface area contributed by atoms with Crippen molar-refractivity contribution in [1.82, 2.24) is 4.90 Å². The summed E-state index contributed by atoms with van der Waals surface area (Å²) in [7, 11) is 1.60. The van der Waals surface area contributed by atoms with Crippen LogP contribution in [0.25, 0.3) is 0 Å². The van der Waals surface area contributed by atoms with Gasteiger partial charge in [-0.1, -0.05) is 72.8 Å². The van der Waals surface area contributed by atoms with E-state index in [2.05, 4.69) is 4.99 Å². The van der Waals surface area contributed by atoms with Crippen LogP contribution in [0.3, 0.4) is 0 Å². The maximum absolute atomic E-state index is 14.8. The SMILES string of the molecule is COc1ccc([C@@H](C2CC2)N(C(=O)C(c2ccccc2)c2ccccc2)[C@H](CCCN=C(N)N)C(=O)O)cc1. The summed E-state index contributed by atoms with van der Waals surface area (Å²) in [5, 5.41) is 10.5. The first kappa shape index (κ1) is 27.7. The molecule has 3 aromatic carbocycles. The molecule has 0 saturated heterocycles. The van der Waals surface area contributed by atoms with E-state index in [0.29, 0.717) is 12.2 Å². The van der Waals surface area contributed by atoms with Crippen LogP contribution in [0.2, 0.25) is 0 Å². The molecule has 4 rings (SSSR count). The van der Waals surface area contributed by atoms with Crippen molar-refractivity contribution in [2.45, 2.75) is 43.7 Å². The summed E-state index contributed by atoms with van der Waals surface area (Å²) in [5.74, 6) is -1.14. The average Bonchev–Trinajstić information content (AvgIpc) is 3.78. The molecular formula is C31H36N4O4. The first-order valence-electron chi connectivity index (χ1n) is 13.2. The molecule has 1 fully saturated rings. The van der Waals surface area contributed by atoms with Gasteiger partial charge in [0.05, 0.1) is 19.1 Å². The monoisotopic (exact) mass is 528 g/mol. The molecule has 0 unspecified atom stereocenters. The molecule has 39 heavy (non-hydrogen) atoms. The van der Waals surface area contributed by atoms with Gasteiger partial charge in [-0.2, -0.15) is 0 Å². The molecule has 0 heterocycles. The number of carboxylic acids is 1. The summed E-state index contributed by atoms with van der Waals surface area (Å²) in [4.78, 5) is 33.3. The fourth-order valence-corrected chi connectivity index (χ4v) is 5.15. The molecule has 8 heteroatoms. The maximum atomic E-state index is 14.8. The van der Waals surface area contributed by atoms with Gasteiger partial charge < -0.3 is 26.2 Å². The van der Waals surface area contributed by atoms with Crippen LogP contribution in [-0.4, -0.2) is 47.5 Å². The van der Waals surface area contributed by atoms with Crippen LogP contribution in [0, 0.1) is 5.92 Å². The van der Waals surface area contributed by atoms with Gasteiger partial charge in [0.2, 0.25) is 5.91 Å². The molecular weight excluding hydrogens is 492 g/mol. The molecule has 0 spiro atoms. The van der Waals surface area contributed by atoms with Crippen LogP contribution < -0.4 is 16.2 Å². The second-order valence-corrected chi connectivity index (χ2v) is 9.86. The van der Waals surface area contributed by atoms with Crippen LogP contribution in [0.4, 0.5) is 0 Å². The van der Waals surface area contributed by atoms with Crippen molar-refractivity contribution in [3.8, 4) is 5.75 Å². The van der Waals surface area contributed by atoms with Crippen molar-refractivity contribution in [2.75, 3.05) is 13.7 Å². The third-order valence-electron chi connectivity index (χ3n) is 7.14. The van der Waals surface area contributed by atoms with Crippen molar-refractivity contribution < 1.29 is 19.4 Å². The fourth-order valence-electron chi connectivity index (χ4n) is 5.15. The van der Waals surface area contributed by atoms with Crippen LogP contribution >= 0.6 is 0 Å². The van der Waals surface area contributed by atoms with Crippen LogP contribution in [0.5, 0.6) is 5.75 Å². The number of nitrogens with zero attached hydrogens (tertiary/aromatic N) is 2. The van der Waals surface area contributed by atoms with E-state index in [9.17, 15) is 14.7 Å². The number of nitrogens with two attached hydrogens (primary N) is 2. The number of carbonyl (C=O) groups excluding carboxylic acids is 1. The van der Waals surface area contributed by atoms with Gasteiger partial charge in [0.15, 0.2) is 5.96 Å². The third-order valence-corrected chi connectivity index (χ3v) is 7.14. The van der Waals surface area contributed by atoms with Crippen molar-refractivity contribution in [3.63, 3.8) is 0 Å². The van der Waals surface area contributed by atoms with E-state index in [0.717, 1.165) is 29.5 Å². The zero-order chi connectivity index (χ0) is 27.8. The summed E-state index contributed by atoms with van der Waals surface area (Å²) < 4.78 is 5.35. The molecule has 0 radical (unpaired) electrons. The van der Waals surface area contributed by atoms with Gasteiger partial charge in [-0.3, -0.25) is 9.79 Å². The second kappa shape index (κ2) is 13.0. The van der Waals surface area contributed by atoms with Crippen LogP contribution in [0.1, 0.15) is 54.3 Å². The molecule has 204 valence electrons. The van der Waals surface area contributed by atoms with Crippen LogP contribution in [-0.2, 0) is 9.59 Å². The lowest BCUT2D eigenvalue weighted by Gasteiger charge is -2.39. The molecule has 0 bridgehead atoms. The zero-order valence-corrected chi connectivity index (χ0v) is 22.1. The Labute approximate surface area is 229 Å². The van der Waals surface area contributed by atoms with E-state index < -0.39 is 24.0 Å². The smallest absolute Gasteiger partial charge is 0.326 e. The van der Waals surface area contributed by atoms with E-state index in [1.54, 1.807) is 12.0 Å². The number of aliphatic imine (C=N–C) groups is 1. The number of amides is 1. The Morgan fingerprint density at radius 2 is 1.49 bits per heavy atom. The van der Waals surface area contributed by atoms with Gasteiger partial charge in [0, 0.05) is 6.54 Å². The average molecular weight is 529 g/mol. The summed E-state index contributed by atoms with van der Waals surface area (Å²) in [6.45, 7) is 0.283. The number of aliphatic carboxylic acids is 1. The number of rotatable bonds is 13. The topological polar surface area (TPSA) is 131 Å². The molecule has 1 aliphatic carbocycles. The van der Waals surface area contributed by atoms with Gasteiger partial charge in [-0.15, -0.1) is 0 Å². The normalized spacial score (nSPS) is 14.3. The zero-order valence-electron chi connectivity index (χ0n) is 22.1. The van der Waals surface area contributed by atoms with E-state index >= 15 is 0 Å². The highest BCUT2D eigenvalue weighted by Crippen LogP contribution is 2.47. The lowest BCUT2D eigenvalue weighted by Crippen LogP contribution is -2.50. The van der Waals surface area contributed by atoms with E-state index in [4.69, 9.17) is 16.2 Å². The van der Waals surface area contributed by atoms with E-state index in [-0.39, 0.29) is 30.8 Å². The number of ether oxygens (including phenoxy) is 1. The Morgan fingerprint density at radius 1 is 0.923 bits per heavy atom. The minimum absolute atomic E-state index is 0.0443. The van der Waals surface area contributed by atoms with Gasteiger partial charge in [0.1, 0.15) is 11.8 Å². The van der Waals surface area contributed by atoms with E-state index in [1.807, 2.05) is 84.9 Å². The highest BCUT2D eigenvalue weighted by Gasteiger charge is 2.45. The van der Waals surface area contributed by atoms with E-state index in [1.165, 1.54) is 0 Å². The number of hydrogen-bond acceptors (Lipinski definition) is 4. The minimum atomic E-state index is -1.06. The Bertz CT molecular complexity index is 1220. The summed E-state index contributed by atoms with van der Waals surface area (Å²) >= 11 is 0. The number of guanidine groups is 1.